The standard InChI is InChI=1S/C13H21NO2/c1-5-9(2)13(14)10-6-11(15-3)8-12(7-10)16-4/h6-9,13H,5,14H2,1-4H3. The molecule has 1 rings (SSSR count). The molecule has 0 fully saturated rings. The summed E-state index contributed by atoms with van der Waals surface area (Å²) in [5.41, 5.74) is 7.25. The predicted octanol–water partition coefficient (Wildman–Crippen LogP) is 2.75. The zero-order valence-electron chi connectivity index (χ0n) is 10.5. The van der Waals surface area contributed by atoms with Crippen LogP contribution in [-0.4, -0.2) is 14.2 Å². The van der Waals surface area contributed by atoms with Gasteiger partial charge in [-0.3, -0.25) is 0 Å². The van der Waals surface area contributed by atoms with Gasteiger partial charge in [-0.25, -0.2) is 0 Å². The third-order valence-corrected chi connectivity index (χ3v) is 3.02. The van der Waals surface area contributed by atoms with Gasteiger partial charge < -0.3 is 15.2 Å². The molecule has 0 amide bonds. The molecule has 2 atom stereocenters. The number of hydrogen-bond donors (Lipinski definition) is 1. The van der Waals surface area contributed by atoms with Gasteiger partial charge in [0, 0.05) is 12.1 Å². The molecular weight excluding hydrogens is 202 g/mol. The third-order valence-electron chi connectivity index (χ3n) is 3.02. The molecule has 16 heavy (non-hydrogen) atoms. The first-order valence-electron chi connectivity index (χ1n) is 5.60. The first-order chi connectivity index (χ1) is 7.62. The summed E-state index contributed by atoms with van der Waals surface area (Å²) in [6.07, 6.45) is 1.06. The Morgan fingerprint density at radius 2 is 1.62 bits per heavy atom. The van der Waals surface area contributed by atoms with Gasteiger partial charge in [-0.05, 0) is 23.6 Å². The lowest BCUT2D eigenvalue weighted by Gasteiger charge is -2.20. The molecule has 2 unspecified atom stereocenters. The van der Waals surface area contributed by atoms with Crippen molar-refractivity contribution >= 4 is 0 Å². The van der Waals surface area contributed by atoms with Crippen molar-refractivity contribution in [1.82, 2.24) is 0 Å². The van der Waals surface area contributed by atoms with Crippen LogP contribution in [0.25, 0.3) is 0 Å². The minimum Gasteiger partial charge on any atom is -0.497 e. The van der Waals surface area contributed by atoms with E-state index < -0.39 is 0 Å². The van der Waals surface area contributed by atoms with Crippen molar-refractivity contribution in [3.8, 4) is 11.5 Å². The number of hydrogen-bond acceptors (Lipinski definition) is 3. The molecule has 1 aromatic rings. The van der Waals surface area contributed by atoms with Crippen LogP contribution in [0, 0.1) is 5.92 Å². The number of benzene rings is 1. The summed E-state index contributed by atoms with van der Waals surface area (Å²) in [5, 5.41) is 0. The summed E-state index contributed by atoms with van der Waals surface area (Å²) in [4.78, 5) is 0. The molecule has 1 aromatic carbocycles. The third kappa shape index (κ3) is 2.89. The SMILES string of the molecule is CCC(C)C(N)c1cc(OC)cc(OC)c1. The van der Waals surface area contributed by atoms with Crippen LogP contribution in [0.2, 0.25) is 0 Å². The van der Waals surface area contributed by atoms with Crippen LogP contribution in [0.3, 0.4) is 0 Å². The van der Waals surface area contributed by atoms with Gasteiger partial charge >= 0.3 is 0 Å². The van der Waals surface area contributed by atoms with E-state index in [2.05, 4.69) is 13.8 Å². The molecule has 90 valence electrons. The molecule has 0 heterocycles. The molecule has 0 bridgehead atoms. The zero-order valence-corrected chi connectivity index (χ0v) is 10.5. The van der Waals surface area contributed by atoms with E-state index >= 15 is 0 Å². The largest absolute Gasteiger partial charge is 0.497 e. The summed E-state index contributed by atoms with van der Waals surface area (Å²) in [7, 11) is 3.29. The minimum atomic E-state index is 0.0222. The second kappa shape index (κ2) is 5.75. The summed E-state index contributed by atoms with van der Waals surface area (Å²) < 4.78 is 10.5. The van der Waals surface area contributed by atoms with Crippen molar-refractivity contribution < 1.29 is 9.47 Å². The maximum Gasteiger partial charge on any atom is 0.122 e. The van der Waals surface area contributed by atoms with Gasteiger partial charge in [0.15, 0.2) is 0 Å². The molecule has 3 nitrogen and oxygen atoms in total. The minimum absolute atomic E-state index is 0.0222. The lowest BCUT2D eigenvalue weighted by molar-refractivity contribution is 0.389. The molecule has 0 saturated heterocycles. The van der Waals surface area contributed by atoms with Crippen LogP contribution in [0.4, 0.5) is 0 Å². The molecule has 0 aromatic heterocycles. The van der Waals surface area contributed by atoms with E-state index in [1.165, 1.54) is 0 Å². The maximum atomic E-state index is 6.19. The molecule has 0 radical (unpaired) electrons. The van der Waals surface area contributed by atoms with E-state index in [-0.39, 0.29) is 6.04 Å². The fraction of sp³-hybridized carbons (Fsp3) is 0.538. The van der Waals surface area contributed by atoms with Crippen molar-refractivity contribution in [1.29, 1.82) is 0 Å². The van der Waals surface area contributed by atoms with Crippen LogP contribution in [-0.2, 0) is 0 Å². The highest BCUT2D eigenvalue weighted by atomic mass is 16.5. The summed E-state index contributed by atoms with van der Waals surface area (Å²) in [5.74, 6) is 2.01. The highest BCUT2D eigenvalue weighted by Crippen LogP contribution is 2.29. The Morgan fingerprint density at radius 1 is 1.12 bits per heavy atom. The first-order valence-corrected chi connectivity index (χ1v) is 5.60. The molecule has 0 aliphatic heterocycles. The van der Waals surface area contributed by atoms with E-state index in [1.807, 2.05) is 18.2 Å². The Morgan fingerprint density at radius 3 is 2.00 bits per heavy atom. The Labute approximate surface area is 97.6 Å². The number of methoxy groups -OCH3 is 2. The highest BCUT2D eigenvalue weighted by molar-refractivity contribution is 5.39. The van der Waals surface area contributed by atoms with Crippen molar-refractivity contribution in [2.75, 3.05) is 14.2 Å². The molecule has 3 heteroatoms. The van der Waals surface area contributed by atoms with E-state index in [1.54, 1.807) is 14.2 Å². The monoisotopic (exact) mass is 223 g/mol. The fourth-order valence-corrected chi connectivity index (χ4v) is 1.60. The lowest BCUT2D eigenvalue weighted by atomic mass is 9.93. The van der Waals surface area contributed by atoms with Gasteiger partial charge in [0.1, 0.15) is 11.5 Å². The van der Waals surface area contributed by atoms with E-state index in [9.17, 15) is 0 Å². The van der Waals surface area contributed by atoms with Crippen molar-refractivity contribution in [2.45, 2.75) is 26.3 Å². The zero-order chi connectivity index (χ0) is 12.1. The average molecular weight is 223 g/mol. The van der Waals surface area contributed by atoms with Crippen LogP contribution < -0.4 is 15.2 Å². The molecule has 0 spiro atoms. The summed E-state index contributed by atoms with van der Waals surface area (Å²) >= 11 is 0. The van der Waals surface area contributed by atoms with E-state index in [4.69, 9.17) is 15.2 Å². The Balaban J connectivity index is 3.02. The van der Waals surface area contributed by atoms with Crippen LogP contribution in [0.1, 0.15) is 31.9 Å². The number of ether oxygens (including phenoxy) is 2. The van der Waals surface area contributed by atoms with Gasteiger partial charge in [0.25, 0.3) is 0 Å². The van der Waals surface area contributed by atoms with Gasteiger partial charge in [-0.15, -0.1) is 0 Å². The average Bonchev–Trinajstić information content (AvgIpc) is 2.35. The molecule has 2 N–H and O–H groups in total. The summed E-state index contributed by atoms with van der Waals surface area (Å²) in [6.45, 7) is 4.29. The maximum absolute atomic E-state index is 6.19. The van der Waals surface area contributed by atoms with E-state index in [0.717, 1.165) is 23.5 Å². The molecule has 0 saturated carbocycles. The fourth-order valence-electron chi connectivity index (χ4n) is 1.60. The summed E-state index contributed by atoms with van der Waals surface area (Å²) in [6, 6.07) is 5.82. The van der Waals surface area contributed by atoms with Crippen molar-refractivity contribution in [2.24, 2.45) is 11.7 Å². The van der Waals surface area contributed by atoms with Crippen molar-refractivity contribution in [3.63, 3.8) is 0 Å². The number of nitrogens with two attached hydrogens (primary N) is 1. The lowest BCUT2D eigenvalue weighted by Crippen LogP contribution is -2.18. The van der Waals surface area contributed by atoms with Crippen LogP contribution in [0.5, 0.6) is 11.5 Å². The van der Waals surface area contributed by atoms with Gasteiger partial charge in [0.2, 0.25) is 0 Å². The number of rotatable bonds is 5. The van der Waals surface area contributed by atoms with E-state index in [0.29, 0.717) is 5.92 Å². The van der Waals surface area contributed by atoms with Gasteiger partial charge in [-0.1, -0.05) is 20.3 Å². The molecule has 0 aliphatic rings. The smallest absolute Gasteiger partial charge is 0.122 e. The Bertz CT molecular complexity index is 316. The Hall–Kier alpha value is -1.22. The molecule has 0 aliphatic carbocycles. The second-order valence-electron chi connectivity index (χ2n) is 4.06. The molecular formula is C13H21NO2. The Kier molecular flexibility index (Phi) is 4.62. The van der Waals surface area contributed by atoms with Crippen molar-refractivity contribution in [3.05, 3.63) is 23.8 Å². The van der Waals surface area contributed by atoms with Crippen LogP contribution >= 0.6 is 0 Å². The second-order valence-corrected chi connectivity index (χ2v) is 4.06. The predicted molar refractivity (Wildman–Crippen MR) is 65.9 cm³/mol. The highest BCUT2D eigenvalue weighted by Gasteiger charge is 2.15. The first kappa shape index (κ1) is 12.8. The van der Waals surface area contributed by atoms with Gasteiger partial charge in [-0.2, -0.15) is 0 Å². The topological polar surface area (TPSA) is 44.5 Å². The van der Waals surface area contributed by atoms with Crippen LogP contribution in [0.15, 0.2) is 18.2 Å². The normalized spacial score (nSPS) is 14.3. The van der Waals surface area contributed by atoms with Gasteiger partial charge in [0.05, 0.1) is 14.2 Å². The quantitative estimate of drug-likeness (QED) is 0.834.